The van der Waals surface area contributed by atoms with Crippen LogP contribution in [0.2, 0.25) is 0 Å². The SMILES string of the molecule is CCc1ccc(CNc2nc3nc(C)c(C)c(=O)n3[nH]2)cc1. The van der Waals surface area contributed by atoms with E-state index < -0.39 is 0 Å². The van der Waals surface area contributed by atoms with Crippen molar-refractivity contribution in [2.24, 2.45) is 0 Å². The first-order valence-corrected chi connectivity index (χ1v) is 7.36. The van der Waals surface area contributed by atoms with Gasteiger partial charge in [0.2, 0.25) is 5.95 Å². The van der Waals surface area contributed by atoms with Crippen LogP contribution in [0.4, 0.5) is 5.95 Å². The minimum Gasteiger partial charge on any atom is -0.351 e. The van der Waals surface area contributed by atoms with Crippen molar-refractivity contribution in [2.75, 3.05) is 5.32 Å². The van der Waals surface area contributed by atoms with Gasteiger partial charge in [0.1, 0.15) is 0 Å². The van der Waals surface area contributed by atoms with Gasteiger partial charge in [-0.1, -0.05) is 31.2 Å². The Morgan fingerprint density at radius 3 is 2.50 bits per heavy atom. The van der Waals surface area contributed by atoms with Crippen molar-refractivity contribution < 1.29 is 0 Å². The first-order chi connectivity index (χ1) is 10.6. The zero-order valence-corrected chi connectivity index (χ0v) is 13.0. The van der Waals surface area contributed by atoms with Crippen molar-refractivity contribution in [3.63, 3.8) is 0 Å². The number of benzene rings is 1. The highest BCUT2D eigenvalue weighted by Crippen LogP contribution is 2.08. The van der Waals surface area contributed by atoms with Crippen LogP contribution in [0.5, 0.6) is 0 Å². The number of H-pyrrole nitrogens is 1. The van der Waals surface area contributed by atoms with Crippen LogP contribution in [-0.4, -0.2) is 19.6 Å². The zero-order valence-electron chi connectivity index (χ0n) is 13.0. The van der Waals surface area contributed by atoms with Crippen LogP contribution in [0, 0.1) is 13.8 Å². The first kappa shape index (κ1) is 14.3. The molecule has 6 heteroatoms. The van der Waals surface area contributed by atoms with E-state index in [0.29, 0.717) is 29.5 Å². The van der Waals surface area contributed by atoms with Crippen molar-refractivity contribution in [1.29, 1.82) is 0 Å². The summed E-state index contributed by atoms with van der Waals surface area (Å²) in [6.07, 6.45) is 1.03. The summed E-state index contributed by atoms with van der Waals surface area (Å²) in [5.74, 6) is 0.922. The van der Waals surface area contributed by atoms with Gasteiger partial charge in [-0.05, 0) is 31.4 Å². The molecule has 114 valence electrons. The maximum atomic E-state index is 12.1. The molecule has 22 heavy (non-hydrogen) atoms. The van der Waals surface area contributed by atoms with Crippen LogP contribution in [0.15, 0.2) is 29.1 Å². The number of fused-ring (bicyclic) bond motifs is 1. The number of aromatic nitrogens is 4. The Balaban J connectivity index is 1.82. The van der Waals surface area contributed by atoms with Crippen molar-refractivity contribution in [1.82, 2.24) is 19.6 Å². The summed E-state index contributed by atoms with van der Waals surface area (Å²) in [6.45, 7) is 6.35. The van der Waals surface area contributed by atoms with Crippen LogP contribution in [0.25, 0.3) is 5.78 Å². The number of nitrogens with one attached hydrogen (secondary N) is 2. The second-order valence-corrected chi connectivity index (χ2v) is 5.36. The molecule has 0 amide bonds. The van der Waals surface area contributed by atoms with Gasteiger partial charge < -0.3 is 5.32 Å². The number of rotatable bonds is 4. The molecule has 0 spiro atoms. The third kappa shape index (κ3) is 2.59. The molecule has 1 aromatic carbocycles. The van der Waals surface area contributed by atoms with E-state index in [4.69, 9.17) is 0 Å². The Bertz CT molecular complexity index is 861. The topological polar surface area (TPSA) is 75.1 Å². The van der Waals surface area contributed by atoms with Gasteiger partial charge in [-0.25, -0.2) is 4.98 Å². The molecule has 3 rings (SSSR count). The molecule has 0 aliphatic heterocycles. The van der Waals surface area contributed by atoms with Crippen molar-refractivity contribution >= 4 is 11.7 Å². The number of aromatic amines is 1. The average Bonchev–Trinajstić information content (AvgIpc) is 2.94. The minimum absolute atomic E-state index is 0.115. The summed E-state index contributed by atoms with van der Waals surface area (Å²) in [7, 11) is 0. The molecule has 0 aliphatic carbocycles. The summed E-state index contributed by atoms with van der Waals surface area (Å²) in [4.78, 5) is 20.8. The predicted molar refractivity (Wildman–Crippen MR) is 86.2 cm³/mol. The number of anilines is 1. The summed E-state index contributed by atoms with van der Waals surface area (Å²) in [5, 5.41) is 6.13. The second-order valence-electron chi connectivity index (χ2n) is 5.36. The fourth-order valence-corrected chi connectivity index (χ4v) is 2.26. The van der Waals surface area contributed by atoms with Crippen molar-refractivity contribution in [2.45, 2.75) is 33.7 Å². The molecule has 0 atom stereocenters. The summed E-state index contributed by atoms with van der Waals surface area (Å²) in [5.41, 5.74) is 3.69. The Kier molecular flexibility index (Phi) is 3.66. The lowest BCUT2D eigenvalue weighted by atomic mass is 10.1. The lowest BCUT2D eigenvalue weighted by Crippen LogP contribution is -2.19. The number of nitrogens with zero attached hydrogens (tertiary/aromatic N) is 3. The molecule has 3 aromatic rings. The van der Waals surface area contributed by atoms with Gasteiger partial charge in [0, 0.05) is 17.8 Å². The molecule has 2 N–H and O–H groups in total. The Morgan fingerprint density at radius 1 is 1.14 bits per heavy atom. The summed E-state index contributed by atoms with van der Waals surface area (Å²) < 4.78 is 1.37. The third-order valence-corrected chi connectivity index (χ3v) is 3.85. The Hall–Kier alpha value is -2.63. The van der Waals surface area contributed by atoms with Gasteiger partial charge in [0.15, 0.2) is 0 Å². The van der Waals surface area contributed by atoms with E-state index in [1.807, 2.05) is 6.92 Å². The highest BCUT2D eigenvalue weighted by atomic mass is 16.1. The van der Waals surface area contributed by atoms with Gasteiger partial charge in [-0.15, -0.1) is 0 Å². The van der Waals surface area contributed by atoms with E-state index in [1.54, 1.807) is 6.92 Å². The van der Waals surface area contributed by atoms with Crippen LogP contribution < -0.4 is 10.9 Å². The molecule has 2 aromatic heterocycles. The van der Waals surface area contributed by atoms with Crippen molar-refractivity contribution in [3.05, 3.63) is 57.0 Å². The fourth-order valence-electron chi connectivity index (χ4n) is 2.26. The highest BCUT2D eigenvalue weighted by Gasteiger charge is 2.09. The molecular formula is C16H19N5O. The quantitative estimate of drug-likeness (QED) is 0.774. The Morgan fingerprint density at radius 2 is 1.82 bits per heavy atom. The van der Waals surface area contributed by atoms with Crippen LogP contribution in [0.1, 0.15) is 29.3 Å². The van der Waals surface area contributed by atoms with Crippen LogP contribution >= 0.6 is 0 Å². The van der Waals surface area contributed by atoms with E-state index in [-0.39, 0.29) is 5.56 Å². The number of hydrogen-bond donors (Lipinski definition) is 2. The van der Waals surface area contributed by atoms with Crippen LogP contribution in [-0.2, 0) is 13.0 Å². The van der Waals surface area contributed by atoms with Crippen molar-refractivity contribution in [3.8, 4) is 0 Å². The predicted octanol–water partition coefficient (Wildman–Crippen LogP) is 2.21. The second kappa shape index (κ2) is 5.63. The largest absolute Gasteiger partial charge is 0.351 e. The van der Waals surface area contributed by atoms with E-state index in [9.17, 15) is 4.79 Å². The number of hydrogen-bond acceptors (Lipinski definition) is 4. The summed E-state index contributed by atoms with van der Waals surface area (Å²) in [6, 6.07) is 8.42. The maximum Gasteiger partial charge on any atom is 0.277 e. The molecule has 0 saturated carbocycles. The molecule has 0 radical (unpaired) electrons. The third-order valence-electron chi connectivity index (χ3n) is 3.85. The van der Waals surface area contributed by atoms with E-state index in [1.165, 1.54) is 10.1 Å². The molecule has 2 heterocycles. The van der Waals surface area contributed by atoms with Gasteiger partial charge in [-0.3, -0.25) is 9.89 Å². The highest BCUT2D eigenvalue weighted by molar-refractivity contribution is 5.39. The monoisotopic (exact) mass is 297 g/mol. The van der Waals surface area contributed by atoms with E-state index >= 15 is 0 Å². The molecule has 0 saturated heterocycles. The normalized spacial score (nSPS) is 11.0. The fraction of sp³-hybridized carbons (Fsp3) is 0.312. The van der Waals surface area contributed by atoms with Gasteiger partial charge in [0.05, 0.1) is 0 Å². The zero-order chi connectivity index (χ0) is 15.7. The lowest BCUT2D eigenvalue weighted by Gasteiger charge is -2.03. The lowest BCUT2D eigenvalue weighted by molar-refractivity contribution is 0.870. The maximum absolute atomic E-state index is 12.1. The van der Waals surface area contributed by atoms with Crippen LogP contribution in [0.3, 0.4) is 0 Å². The smallest absolute Gasteiger partial charge is 0.277 e. The van der Waals surface area contributed by atoms with E-state index in [0.717, 1.165) is 12.0 Å². The van der Waals surface area contributed by atoms with E-state index in [2.05, 4.69) is 51.6 Å². The van der Waals surface area contributed by atoms with Gasteiger partial charge >= 0.3 is 0 Å². The number of aryl methyl sites for hydroxylation is 2. The first-order valence-electron chi connectivity index (χ1n) is 7.36. The molecule has 6 nitrogen and oxygen atoms in total. The average molecular weight is 297 g/mol. The molecule has 0 aliphatic rings. The molecular weight excluding hydrogens is 278 g/mol. The summed E-state index contributed by atoms with van der Waals surface area (Å²) >= 11 is 0. The van der Waals surface area contributed by atoms with Gasteiger partial charge in [0.25, 0.3) is 11.3 Å². The standard InChI is InChI=1S/C16H19N5O/c1-4-12-5-7-13(8-6-12)9-17-15-19-16-18-11(3)10(2)14(22)21(16)20-15/h5-8H,4,9H2,1-3H3,(H2,17,18,19,20). The molecule has 0 fully saturated rings. The van der Waals surface area contributed by atoms with Gasteiger partial charge in [-0.2, -0.15) is 9.50 Å². The minimum atomic E-state index is -0.115. The molecule has 0 unspecified atom stereocenters. The molecule has 0 bridgehead atoms. The Labute approximate surface area is 128 Å².